The monoisotopic (exact) mass is 242 g/mol. The maximum absolute atomic E-state index is 5.70. The Balaban J connectivity index is 1.91. The lowest BCUT2D eigenvalue weighted by Gasteiger charge is -2.41. The van der Waals surface area contributed by atoms with E-state index in [4.69, 9.17) is 9.47 Å². The van der Waals surface area contributed by atoms with E-state index >= 15 is 0 Å². The van der Waals surface area contributed by atoms with E-state index in [-0.39, 0.29) is 0 Å². The van der Waals surface area contributed by atoms with Gasteiger partial charge < -0.3 is 19.7 Å². The van der Waals surface area contributed by atoms with Crippen LogP contribution in [0, 0.1) is 5.41 Å². The molecule has 4 heteroatoms. The Bertz CT molecular complexity index is 218. The second-order valence-electron chi connectivity index (χ2n) is 5.62. The van der Waals surface area contributed by atoms with Crippen LogP contribution < -0.4 is 5.32 Å². The fourth-order valence-corrected chi connectivity index (χ4v) is 3.13. The van der Waals surface area contributed by atoms with Crippen LogP contribution in [0.15, 0.2) is 0 Å². The van der Waals surface area contributed by atoms with Crippen LogP contribution >= 0.6 is 0 Å². The summed E-state index contributed by atoms with van der Waals surface area (Å²) >= 11 is 0. The van der Waals surface area contributed by atoms with Crippen molar-refractivity contribution >= 4 is 0 Å². The molecule has 2 heterocycles. The first-order chi connectivity index (χ1) is 8.26. The highest BCUT2D eigenvalue weighted by atomic mass is 16.5. The van der Waals surface area contributed by atoms with E-state index in [1.807, 2.05) is 7.05 Å². The van der Waals surface area contributed by atoms with Crippen molar-refractivity contribution < 1.29 is 9.47 Å². The minimum Gasteiger partial charge on any atom is -0.381 e. The van der Waals surface area contributed by atoms with Gasteiger partial charge in [-0.25, -0.2) is 0 Å². The minimum atomic E-state index is 0.296. The fourth-order valence-electron chi connectivity index (χ4n) is 3.13. The lowest BCUT2D eigenvalue weighted by Crippen LogP contribution is -2.50. The highest BCUT2D eigenvalue weighted by molar-refractivity contribution is 4.88. The van der Waals surface area contributed by atoms with Gasteiger partial charge in [0.05, 0.1) is 13.2 Å². The van der Waals surface area contributed by atoms with Gasteiger partial charge in [-0.15, -0.1) is 0 Å². The Labute approximate surface area is 105 Å². The Morgan fingerprint density at radius 1 is 1.35 bits per heavy atom. The van der Waals surface area contributed by atoms with E-state index in [0.29, 0.717) is 11.5 Å². The molecule has 1 N–H and O–H groups in total. The molecule has 0 aromatic carbocycles. The summed E-state index contributed by atoms with van der Waals surface area (Å²) in [4.78, 5) is 2.47. The lowest BCUT2D eigenvalue weighted by atomic mass is 9.81. The molecule has 0 amide bonds. The average Bonchev–Trinajstić information content (AvgIpc) is 2.84. The molecule has 0 spiro atoms. The normalized spacial score (nSPS) is 34.4. The number of rotatable bonds is 5. The molecule has 2 rings (SSSR count). The summed E-state index contributed by atoms with van der Waals surface area (Å²) in [6.07, 6.45) is 3.63. The van der Waals surface area contributed by atoms with Gasteiger partial charge in [0.1, 0.15) is 0 Å². The predicted molar refractivity (Wildman–Crippen MR) is 68.3 cm³/mol. The van der Waals surface area contributed by atoms with E-state index in [9.17, 15) is 0 Å². The molecular formula is C13H26N2O2. The van der Waals surface area contributed by atoms with Crippen molar-refractivity contribution in [2.24, 2.45) is 5.41 Å². The van der Waals surface area contributed by atoms with Crippen LogP contribution in [-0.2, 0) is 9.47 Å². The van der Waals surface area contributed by atoms with E-state index in [2.05, 4.69) is 17.3 Å². The molecule has 100 valence electrons. The van der Waals surface area contributed by atoms with Gasteiger partial charge in [0.25, 0.3) is 0 Å². The van der Waals surface area contributed by atoms with Crippen molar-refractivity contribution in [3.05, 3.63) is 0 Å². The Hall–Kier alpha value is -0.160. The molecule has 2 fully saturated rings. The first-order valence-corrected chi connectivity index (χ1v) is 6.76. The molecule has 2 unspecified atom stereocenters. The molecular weight excluding hydrogens is 216 g/mol. The Kier molecular flexibility index (Phi) is 4.79. The smallest absolute Gasteiger partial charge is 0.0622 e. The summed E-state index contributed by atoms with van der Waals surface area (Å²) in [6, 6.07) is 0.602. The number of hydrogen-bond acceptors (Lipinski definition) is 4. The summed E-state index contributed by atoms with van der Waals surface area (Å²) in [5.74, 6) is 0. The topological polar surface area (TPSA) is 33.7 Å². The molecule has 0 aromatic rings. The van der Waals surface area contributed by atoms with Gasteiger partial charge in [0.2, 0.25) is 0 Å². The molecule has 0 aliphatic carbocycles. The van der Waals surface area contributed by atoms with Crippen molar-refractivity contribution in [2.75, 3.05) is 53.6 Å². The van der Waals surface area contributed by atoms with Crippen LogP contribution in [0.3, 0.4) is 0 Å². The van der Waals surface area contributed by atoms with Gasteiger partial charge in [-0.2, -0.15) is 0 Å². The van der Waals surface area contributed by atoms with Crippen molar-refractivity contribution in [1.29, 1.82) is 0 Å². The number of ether oxygens (including phenoxy) is 2. The van der Waals surface area contributed by atoms with Gasteiger partial charge in [-0.05, 0) is 33.4 Å². The fraction of sp³-hybridized carbons (Fsp3) is 1.00. The molecule has 2 atom stereocenters. The van der Waals surface area contributed by atoms with Crippen LogP contribution in [0.1, 0.15) is 19.3 Å². The highest BCUT2D eigenvalue weighted by Crippen LogP contribution is 2.30. The van der Waals surface area contributed by atoms with Crippen LogP contribution in [-0.4, -0.2) is 64.6 Å². The zero-order valence-electron chi connectivity index (χ0n) is 11.2. The standard InChI is InChI=1S/C13H26N2O2/c1-14-9-13(5-3-6-17-11-13)10-15(2)12-4-7-16-8-12/h12,14H,3-11H2,1-2H3. The van der Waals surface area contributed by atoms with Crippen LogP contribution in [0.5, 0.6) is 0 Å². The van der Waals surface area contributed by atoms with E-state index < -0.39 is 0 Å². The van der Waals surface area contributed by atoms with Crippen molar-refractivity contribution in [3.8, 4) is 0 Å². The van der Waals surface area contributed by atoms with Gasteiger partial charge in [0, 0.05) is 37.8 Å². The molecule has 0 saturated carbocycles. The second kappa shape index (κ2) is 6.14. The predicted octanol–water partition coefficient (Wildman–Crippen LogP) is 0.723. The molecule has 17 heavy (non-hydrogen) atoms. The van der Waals surface area contributed by atoms with Crippen LogP contribution in [0.2, 0.25) is 0 Å². The maximum Gasteiger partial charge on any atom is 0.0622 e. The van der Waals surface area contributed by atoms with Crippen LogP contribution in [0.4, 0.5) is 0 Å². The van der Waals surface area contributed by atoms with Gasteiger partial charge >= 0.3 is 0 Å². The first-order valence-electron chi connectivity index (χ1n) is 6.76. The van der Waals surface area contributed by atoms with Gasteiger partial charge in [-0.1, -0.05) is 0 Å². The summed E-state index contributed by atoms with van der Waals surface area (Å²) in [7, 11) is 4.26. The quantitative estimate of drug-likeness (QED) is 0.770. The second-order valence-corrected chi connectivity index (χ2v) is 5.62. The molecule has 2 aliphatic heterocycles. The average molecular weight is 242 g/mol. The first kappa shape index (κ1) is 13.3. The van der Waals surface area contributed by atoms with Gasteiger partial charge in [0.15, 0.2) is 0 Å². The Morgan fingerprint density at radius 2 is 2.24 bits per heavy atom. The summed E-state index contributed by atoms with van der Waals surface area (Å²) in [6.45, 7) is 5.80. The van der Waals surface area contributed by atoms with E-state index in [0.717, 1.165) is 39.5 Å². The molecule has 0 aromatic heterocycles. The Morgan fingerprint density at radius 3 is 2.82 bits per heavy atom. The lowest BCUT2D eigenvalue weighted by molar-refractivity contribution is -0.0278. The van der Waals surface area contributed by atoms with Crippen LogP contribution in [0.25, 0.3) is 0 Å². The number of hydrogen-bond donors (Lipinski definition) is 1. The zero-order valence-corrected chi connectivity index (χ0v) is 11.2. The van der Waals surface area contributed by atoms with Crippen molar-refractivity contribution in [1.82, 2.24) is 10.2 Å². The minimum absolute atomic E-state index is 0.296. The third-order valence-electron chi connectivity index (χ3n) is 4.07. The van der Waals surface area contributed by atoms with Gasteiger partial charge in [-0.3, -0.25) is 0 Å². The number of nitrogens with zero attached hydrogens (tertiary/aromatic N) is 1. The summed E-state index contributed by atoms with van der Waals surface area (Å²) in [5.41, 5.74) is 0.296. The molecule has 2 aliphatic rings. The summed E-state index contributed by atoms with van der Waals surface area (Å²) in [5, 5.41) is 3.34. The van der Waals surface area contributed by atoms with Crippen molar-refractivity contribution in [3.63, 3.8) is 0 Å². The van der Waals surface area contributed by atoms with E-state index in [1.54, 1.807) is 0 Å². The number of likely N-dealkylation sites (N-methyl/N-ethyl adjacent to an activating group) is 1. The maximum atomic E-state index is 5.70. The molecule has 4 nitrogen and oxygen atoms in total. The third-order valence-corrected chi connectivity index (χ3v) is 4.07. The third kappa shape index (κ3) is 3.41. The van der Waals surface area contributed by atoms with E-state index in [1.165, 1.54) is 19.3 Å². The largest absolute Gasteiger partial charge is 0.381 e. The zero-order chi connectivity index (χ0) is 12.1. The molecule has 2 saturated heterocycles. The molecule has 0 bridgehead atoms. The van der Waals surface area contributed by atoms with Crippen molar-refractivity contribution in [2.45, 2.75) is 25.3 Å². The number of nitrogens with one attached hydrogen (secondary N) is 1. The SMILES string of the molecule is CNCC1(CN(C)C2CCOC2)CCCOC1. The highest BCUT2D eigenvalue weighted by Gasteiger charge is 2.35. The molecule has 0 radical (unpaired) electrons. The summed E-state index contributed by atoms with van der Waals surface area (Å²) < 4.78 is 11.2.